The highest BCUT2D eigenvalue weighted by Gasteiger charge is 2.08. The molecular weight excluding hydrogens is 126 g/mol. The van der Waals surface area contributed by atoms with Crippen molar-refractivity contribution in [1.82, 2.24) is 15.3 Å². The predicted molar refractivity (Wildman–Crippen MR) is 37.9 cm³/mol. The number of nitrogens with one attached hydrogen (secondary N) is 1. The van der Waals surface area contributed by atoms with Gasteiger partial charge in [0.05, 0.1) is 12.0 Å². The Morgan fingerprint density at radius 1 is 1.30 bits per heavy atom. The second-order valence-electron chi connectivity index (χ2n) is 2.50. The standard InChI is InChI=1S/C7H10N3/c1-3-8-4-2-7-6(1)9-5-10-7/h5H,1-4H2,(H,9,10). The number of H-pyrrole nitrogens is 1. The number of nitrogens with zero attached hydrogens (tertiary/aromatic N) is 2. The predicted octanol–water partition coefficient (Wildman–Crippen LogP) is 0.113. The maximum absolute atomic E-state index is 4.30. The highest BCUT2D eigenvalue weighted by molar-refractivity contribution is 5.13. The first kappa shape index (κ1) is 5.92. The molecule has 2 heterocycles. The average Bonchev–Trinajstić information content (AvgIpc) is 2.28. The van der Waals surface area contributed by atoms with Gasteiger partial charge in [-0.15, -0.1) is 0 Å². The van der Waals surface area contributed by atoms with Crippen molar-refractivity contribution in [2.24, 2.45) is 0 Å². The molecule has 0 aliphatic carbocycles. The third-order valence-electron chi connectivity index (χ3n) is 1.83. The maximum atomic E-state index is 4.30. The van der Waals surface area contributed by atoms with Gasteiger partial charge in [-0.05, 0) is 0 Å². The van der Waals surface area contributed by atoms with E-state index in [1.54, 1.807) is 6.33 Å². The van der Waals surface area contributed by atoms with Gasteiger partial charge in [0, 0.05) is 31.6 Å². The highest BCUT2D eigenvalue weighted by Crippen LogP contribution is 2.06. The van der Waals surface area contributed by atoms with Crippen LogP contribution in [-0.4, -0.2) is 23.1 Å². The van der Waals surface area contributed by atoms with E-state index in [0.717, 1.165) is 25.9 Å². The molecule has 0 aromatic carbocycles. The second kappa shape index (κ2) is 2.42. The molecule has 3 heteroatoms. The molecule has 2 rings (SSSR count). The SMILES string of the molecule is c1nc2c([nH]1)CC[N]CC2. The van der Waals surface area contributed by atoms with Gasteiger partial charge in [0.1, 0.15) is 0 Å². The summed E-state index contributed by atoms with van der Waals surface area (Å²) in [6, 6.07) is 0. The van der Waals surface area contributed by atoms with Crippen LogP contribution in [0.15, 0.2) is 6.33 Å². The summed E-state index contributed by atoms with van der Waals surface area (Å²) < 4.78 is 0. The number of hydrogen-bond acceptors (Lipinski definition) is 1. The molecule has 53 valence electrons. The fourth-order valence-electron chi connectivity index (χ4n) is 1.27. The van der Waals surface area contributed by atoms with E-state index in [2.05, 4.69) is 15.3 Å². The molecule has 3 nitrogen and oxygen atoms in total. The quantitative estimate of drug-likeness (QED) is 0.540. The lowest BCUT2D eigenvalue weighted by atomic mass is 10.2. The zero-order valence-electron chi connectivity index (χ0n) is 5.80. The molecule has 1 aliphatic rings. The minimum absolute atomic E-state index is 0.942. The zero-order chi connectivity index (χ0) is 6.81. The van der Waals surface area contributed by atoms with Gasteiger partial charge in [-0.3, -0.25) is 0 Å². The Bertz CT molecular complexity index is 196. The second-order valence-corrected chi connectivity index (χ2v) is 2.50. The summed E-state index contributed by atoms with van der Waals surface area (Å²) in [6.45, 7) is 1.90. The van der Waals surface area contributed by atoms with Crippen LogP contribution in [0.4, 0.5) is 0 Å². The summed E-state index contributed by atoms with van der Waals surface area (Å²) in [5.74, 6) is 0. The van der Waals surface area contributed by atoms with Crippen LogP contribution in [0.1, 0.15) is 11.4 Å². The molecule has 1 aromatic heterocycles. The van der Waals surface area contributed by atoms with Gasteiger partial charge in [0.2, 0.25) is 0 Å². The van der Waals surface area contributed by atoms with Crippen molar-refractivity contribution in [3.05, 3.63) is 17.7 Å². The van der Waals surface area contributed by atoms with E-state index in [4.69, 9.17) is 0 Å². The third-order valence-corrected chi connectivity index (χ3v) is 1.83. The zero-order valence-corrected chi connectivity index (χ0v) is 5.80. The van der Waals surface area contributed by atoms with Crippen LogP contribution < -0.4 is 5.32 Å². The van der Waals surface area contributed by atoms with Gasteiger partial charge in [0.15, 0.2) is 0 Å². The Kier molecular flexibility index (Phi) is 1.43. The van der Waals surface area contributed by atoms with Crippen LogP contribution in [0.25, 0.3) is 0 Å². The lowest BCUT2D eigenvalue weighted by Crippen LogP contribution is -2.08. The van der Waals surface area contributed by atoms with Gasteiger partial charge in [-0.25, -0.2) is 10.3 Å². The van der Waals surface area contributed by atoms with Crippen molar-refractivity contribution in [2.75, 3.05) is 13.1 Å². The maximum Gasteiger partial charge on any atom is 0.0925 e. The van der Waals surface area contributed by atoms with E-state index >= 15 is 0 Å². The van der Waals surface area contributed by atoms with Crippen LogP contribution in [-0.2, 0) is 12.8 Å². The summed E-state index contributed by atoms with van der Waals surface area (Å²) in [5, 5.41) is 4.30. The molecular formula is C7H10N3. The van der Waals surface area contributed by atoms with Crippen LogP contribution in [0, 0.1) is 0 Å². The Balaban J connectivity index is 2.28. The molecule has 0 spiro atoms. The molecule has 0 atom stereocenters. The molecule has 0 fully saturated rings. The van der Waals surface area contributed by atoms with Crippen molar-refractivity contribution < 1.29 is 0 Å². The van der Waals surface area contributed by atoms with Crippen LogP contribution in [0.2, 0.25) is 0 Å². The average molecular weight is 136 g/mol. The van der Waals surface area contributed by atoms with E-state index in [9.17, 15) is 0 Å². The molecule has 1 N–H and O–H groups in total. The Labute approximate surface area is 59.9 Å². The van der Waals surface area contributed by atoms with Gasteiger partial charge in [-0.1, -0.05) is 0 Å². The minimum Gasteiger partial charge on any atom is -0.348 e. The first-order valence-electron chi connectivity index (χ1n) is 3.61. The number of aromatic nitrogens is 2. The first-order valence-corrected chi connectivity index (χ1v) is 3.61. The molecule has 1 aliphatic heterocycles. The molecule has 0 unspecified atom stereocenters. The van der Waals surface area contributed by atoms with Gasteiger partial charge < -0.3 is 4.98 Å². The van der Waals surface area contributed by atoms with E-state index in [1.807, 2.05) is 0 Å². The number of rotatable bonds is 0. The highest BCUT2D eigenvalue weighted by atomic mass is 14.9. The van der Waals surface area contributed by atoms with Crippen LogP contribution in [0.3, 0.4) is 0 Å². The third kappa shape index (κ3) is 0.926. The molecule has 0 saturated heterocycles. The summed E-state index contributed by atoms with van der Waals surface area (Å²) >= 11 is 0. The molecule has 10 heavy (non-hydrogen) atoms. The van der Waals surface area contributed by atoms with E-state index in [0.29, 0.717) is 0 Å². The smallest absolute Gasteiger partial charge is 0.0925 e. The molecule has 0 saturated carbocycles. The monoisotopic (exact) mass is 136 g/mol. The first-order chi connectivity index (χ1) is 4.97. The molecule has 1 aromatic rings. The Hall–Kier alpha value is -0.830. The molecule has 0 amide bonds. The lowest BCUT2D eigenvalue weighted by molar-refractivity contribution is 0.688. The van der Waals surface area contributed by atoms with Crippen molar-refractivity contribution >= 4 is 0 Å². The summed E-state index contributed by atoms with van der Waals surface area (Å²) in [5.41, 5.74) is 2.49. The van der Waals surface area contributed by atoms with Crippen LogP contribution in [0.5, 0.6) is 0 Å². The normalized spacial score (nSPS) is 18.0. The molecule has 0 bridgehead atoms. The molecule has 1 radical (unpaired) electrons. The van der Waals surface area contributed by atoms with E-state index in [-0.39, 0.29) is 0 Å². The summed E-state index contributed by atoms with van der Waals surface area (Å²) in [7, 11) is 0. The topological polar surface area (TPSA) is 42.8 Å². The van der Waals surface area contributed by atoms with Crippen molar-refractivity contribution in [3.63, 3.8) is 0 Å². The van der Waals surface area contributed by atoms with E-state index < -0.39 is 0 Å². The number of fused-ring (bicyclic) bond motifs is 1. The van der Waals surface area contributed by atoms with Crippen molar-refractivity contribution in [2.45, 2.75) is 12.8 Å². The Morgan fingerprint density at radius 2 is 2.20 bits per heavy atom. The number of hydrogen-bond donors (Lipinski definition) is 1. The van der Waals surface area contributed by atoms with Crippen LogP contribution >= 0.6 is 0 Å². The summed E-state index contributed by atoms with van der Waals surface area (Å²) in [4.78, 5) is 7.33. The largest absolute Gasteiger partial charge is 0.348 e. The fraction of sp³-hybridized carbons (Fsp3) is 0.571. The number of imidazole rings is 1. The Morgan fingerprint density at radius 3 is 3.20 bits per heavy atom. The summed E-state index contributed by atoms with van der Waals surface area (Å²) in [6.07, 6.45) is 3.82. The minimum atomic E-state index is 0.942. The van der Waals surface area contributed by atoms with Crippen molar-refractivity contribution in [1.29, 1.82) is 0 Å². The van der Waals surface area contributed by atoms with Gasteiger partial charge in [-0.2, -0.15) is 0 Å². The van der Waals surface area contributed by atoms with Crippen molar-refractivity contribution in [3.8, 4) is 0 Å². The fourth-order valence-corrected chi connectivity index (χ4v) is 1.27. The number of aromatic amines is 1. The lowest BCUT2D eigenvalue weighted by Gasteiger charge is -1.91. The van der Waals surface area contributed by atoms with Gasteiger partial charge in [0.25, 0.3) is 0 Å². The van der Waals surface area contributed by atoms with E-state index in [1.165, 1.54) is 11.4 Å². The van der Waals surface area contributed by atoms with Gasteiger partial charge >= 0.3 is 0 Å².